The van der Waals surface area contributed by atoms with Gasteiger partial charge in [0.2, 0.25) is 11.8 Å². The largest absolute Gasteiger partial charge is 0.355 e. The van der Waals surface area contributed by atoms with Crippen LogP contribution in [0, 0.1) is 0 Å². The van der Waals surface area contributed by atoms with E-state index in [1.54, 1.807) is 13.8 Å². The predicted octanol–water partition coefficient (Wildman–Crippen LogP) is 3.21. The molecule has 0 spiro atoms. The summed E-state index contributed by atoms with van der Waals surface area (Å²) in [5, 5.41) is 14.3. The Hall–Kier alpha value is -4.79. The van der Waals surface area contributed by atoms with Crippen molar-refractivity contribution in [2.45, 2.75) is 72.0 Å². The highest BCUT2D eigenvalue weighted by Gasteiger charge is 2.28. The standard InChI is InChI=1S/C35H45N7O6S.C3H8/c1-4-36-32(43)23-38-33(44)25(3)37-22-30(18-26-12-7-5-8-13-26)41-35(46)29-19-28(34(45)40-24(2)27-14-9-6-10-15-27)20-31(21-29)42-17-11-16-39-49(42,47)48;1-3-2/h5-10,12-15,19-21,24-25,30,37,39H,4,11,16-18,22-23H2,1-3H3,(H,36,43)(H,38,44)(H,40,45)(H,41,46);3H2,1-2H3/t24-,25?,30+;/m1./s1. The lowest BCUT2D eigenvalue weighted by molar-refractivity contribution is -0.127. The Kier molecular flexibility index (Phi) is 16.7. The Labute approximate surface area is 307 Å². The van der Waals surface area contributed by atoms with Crippen LogP contribution in [0.4, 0.5) is 5.69 Å². The lowest BCUT2D eigenvalue weighted by Crippen LogP contribution is -2.50. The quantitative estimate of drug-likeness (QED) is 0.139. The molecule has 3 atom stereocenters. The summed E-state index contributed by atoms with van der Waals surface area (Å²) in [6, 6.07) is 21.7. The fourth-order valence-electron chi connectivity index (χ4n) is 5.35. The van der Waals surface area contributed by atoms with E-state index >= 15 is 0 Å². The number of nitrogens with one attached hydrogen (secondary N) is 6. The maximum Gasteiger partial charge on any atom is 0.301 e. The molecule has 13 nitrogen and oxygen atoms in total. The second-order valence-electron chi connectivity index (χ2n) is 12.6. The molecule has 3 aromatic carbocycles. The first-order chi connectivity index (χ1) is 24.9. The summed E-state index contributed by atoms with van der Waals surface area (Å²) >= 11 is 0. The minimum atomic E-state index is -3.88. The molecule has 1 aliphatic heterocycles. The molecule has 0 bridgehead atoms. The molecule has 1 fully saturated rings. The number of likely N-dealkylation sites (N-methyl/N-ethyl adjacent to an activating group) is 1. The van der Waals surface area contributed by atoms with Crippen LogP contribution in [0.3, 0.4) is 0 Å². The second-order valence-corrected chi connectivity index (χ2v) is 14.2. The molecule has 52 heavy (non-hydrogen) atoms. The van der Waals surface area contributed by atoms with Crippen LogP contribution in [0.25, 0.3) is 0 Å². The molecule has 1 saturated heterocycles. The van der Waals surface area contributed by atoms with Gasteiger partial charge < -0.3 is 26.6 Å². The highest BCUT2D eigenvalue weighted by Crippen LogP contribution is 2.25. The van der Waals surface area contributed by atoms with Gasteiger partial charge in [0.05, 0.1) is 24.3 Å². The van der Waals surface area contributed by atoms with Crippen molar-refractivity contribution in [3.8, 4) is 0 Å². The number of carbonyl (C=O) groups is 4. The van der Waals surface area contributed by atoms with E-state index in [9.17, 15) is 27.6 Å². The topological polar surface area (TPSA) is 178 Å². The van der Waals surface area contributed by atoms with Crippen molar-refractivity contribution in [3.63, 3.8) is 0 Å². The molecule has 0 aromatic heterocycles. The summed E-state index contributed by atoms with van der Waals surface area (Å²) in [6.45, 7) is 10.5. The normalized spacial score (nSPS) is 15.1. The number of anilines is 1. The number of benzene rings is 3. The molecule has 0 aliphatic carbocycles. The number of amides is 4. The maximum absolute atomic E-state index is 13.9. The van der Waals surface area contributed by atoms with E-state index in [2.05, 4.69) is 45.2 Å². The average molecular weight is 736 g/mol. The SMILES string of the molecule is CCC.CCNC(=O)CNC(=O)C(C)NC[C@H](Cc1ccccc1)NC(=O)c1cc(C(=O)N[C@H](C)c2ccccc2)cc(N2CCCNS2(=O)=O)c1. The lowest BCUT2D eigenvalue weighted by atomic mass is 10.0. The van der Waals surface area contributed by atoms with Crippen LogP contribution in [0.5, 0.6) is 0 Å². The molecule has 1 heterocycles. The van der Waals surface area contributed by atoms with Gasteiger partial charge in [0.25, 0.3) is 11.8 Å². The maximum atomic E-state index is 13.9. The predicted molar refractivity (Wildman–Crippen MR) is 204 cm³/mol. The molecule has 282 valence electrons. The van der Waals surface area contributed by atoms with Crippen LogP contribution < -0.4 is 35.6 Å². The third-order valence-electron chi connectivity index (χ3n) is 8.01. The lowest BCUT2D eigenvalue weighted by Gasteiger charge is -2.29. The Morgan fingerprint density at radius 3 is 2.02 bits per heavy atom. The van der Waals surface area contributed by atoms with Gasteiger partial charge in [-0.05, 0) is 62.9 Å². The van der Waals surface area contributed by atoms with Crippen molar-refractivity contribution in [2.75, 3.05) is 37.0 Å². The minimum Gasteiger partial charge on any atom is -0.355 e. The summed E-state index contributed by atoms with van der Waals surface area (Å²) in [5.74, 6) is -1.66. The van der Waals surface area contributed by atoms with Crippen molar-refractivity contribution >= 4 is 39.5 Å². The average Bonchev–Trinajstić information content (AvgIpc) is 3.13. The zero-order valence-corrected chi connectivity index (χ0v) is 31.5. The molecule has 1 unspecified atom stereocenters. The van der Waals surface area contributed by atoms with Crippen molar-refractivity contribution in [1.82, 2.24) is 31.3 Å². The zero-order valence-electron chi connectivity index (χ0n) is 30.7. The van der Waals surface area contributed by atoms with E-state index in [1.807, 2.05) is 67.6 Å². The Morgan fingerprint density at radius 1 is 0.827 bits per heavy atom. The summed E-state index contributed by atoms with van der Waals surface area (Å²) in [6.07, 6.45) is 2.21. The van der Waals surface area contributed by atoms with Crippen molar-refractivity contribution in [3.05, 3.63) is 101 Å². The molecule has 6 N–H and O–H groups in total. The molecular formula is C38H53N7O6S. The zero-order chi connectivity index (χ0) is 38.1. The highest BCUT2D eigenvalue weighted by molar-refractivity contribution is 7.90. The van der Waals surface area contributed by atoms with Crippen LogP contribution in [0.1, 0.15) is 85.3 Å². The van der Waals surface area contributed by atoms with Crippen molar-refractivity contribution in [2.24, 2.45) is 0 Å². The van der Waals surface area contributed by atoms with Crippen LogP contribution >= 0.6 is 0 Å². The number of hydrogen-bond acceptors (Lipinski definition) is 7. The first-order valence-corrected chi connectivity index (χ1v) is 19.2. The number of rotatable bonds is 15. The monoisotopic (exact) mass is 735 g/mol. The molecular weight excluding hydrogens is 683 g/mol. The summed E-state index contributed by atoms with van der Waals surface area (Å²) in [4.78, 5) is 51.9. The number of nitrogens with zero attached hydrogens (tertiary/aromatic N) is 1. The van der Waals surface area contributed by atoms with Crippen LogP contribution in [0.2, 0.25) is 0 Å². The van der Waals surface area contributed by atoms with Crippen LogP contribution in [-0.2, 0) is 26.2 Å². The molecule has 4 amide bonds. The fraction of sp³-hybridized carbons (Fsp3) is 0.421. The molecule has 1 aliphatic rings. The van der Waals surface area contributed by atoms with Gasteiger partial charge in [-0.1, -0.05) is 80.9 Å². The van der Waals surface area contributed by atoms with E-state index in [4.69, 9.17) is 0 Å². The molecule has 0 saturated carbocycles. The number of hydrogen-bond donors (Lipinski definition) is 6. The van der Waals surface area contributed by atoms with Crippen LogP contribution in [0.15, 0.2) is 78.9 Å². The van der Waals surface area contributed by atoms with Gasteiger partial charge in [0.15, 0.2) is 0 Å². The van der Waals surface area contributed by atoms with E-state index in [0.717, 1.165) is 15.4 Å². The van der Waals surface area contributed by atoms with Gasteiger partial charge in [-0.15, -0.1) is 0 Å². The third-order valence-corrected chi connectivity index (χ3v) is 9.55. The first kappa shape index (κ1) is 41.6. The smallest absolute Gasteiger partial charge is 0.301 e. The van der Waals surface area contributed by atoms with Crippen LogP contribution in [-0.4, -0.2) is 76.9 Å². The third kappa shape index (κ3) is 13.1. The summed E-state index contributed by atoms with van der Waals surface area (Å²) in [5.41, 5.74) is 2.24. The Bertz CT molecular complexity index is 1720. The second kappa shape index (κ2) is 20.9. The van der Waals surface area contributed by atoms with Gasteiger partial charge in [-0.25, -0.2) is 0 Å². The first-order valence-electron chi connectivity index (χ1n) is 17.8. The molecule has 14 heteroatoms. The Balaban J connectivity index is 0.00000235. The van der Waals surface area contributed by atoms with E-state index in [0.29, 0.717) is 19.4 Å². The van der Waals surface area contributed by atoms with Gasteiger partial charge >= 0.3 is 10.2 Å². The Morgan fingerprint density at radius 2 is 1.42 bits per heavy atom. The molecule has 0 radical (unpaired) electrons. The highest BCUT2D eigenvalue weighted by atomic mass is 32.2. The molecule has 3 aromatic rings. The van der Waals surface area contributed by atoms with Gasteiger partial charge in [0, 0.05) is 43.3 Å². The van der Waals surface area contributed by atoms with E-state index < -0.39 is 34.1 Å². The summed E-state index contributed by atoms with van der Waals surface area (Å²) in [7, 11) is -3.88. The van der Waals surface area contributed by atoms with Crippen molar-refractivity contribution < 1.29 is 27.6 Å². The number of carbonyl (C=O) groups excluding carboxylic acids is 4. The summed E-state index contributed by atoms with van der Waals surface area (Å²) < 4.78 is 29.6. The van der Waals surface area contributed by atoms with Gasteiger partial charge in [-0.3, -0.25) is 23.5 Å². The minimum absolute atomic E-state index is 0.0987. The van der Waals surface area contributed by atoms with E-state index in [-0.39, 0.29) is 60.8 Å². The van der Waals surface area contributed by atoms with Gasteiger partial charge in [-0.2, -0.15) is 13.1 Å². The van der Waals surface area contributed by atoms with Crippen molar-refractivity contribution in [1.29, 1.82) is 0 Å². The fourth-order valence-corrected chi connectivity index (χ4v) is 6.66. The molecule has 4 rings (SSSR count). The van der Waals surface area contributed by atoms with Gasteiger partial charge in [0.1, 0.15) is 0 Å². The van der Waals surface area contributed by atoms with E-state index in [1.165, 1.54) is 24.6 Å².